The van der Waals surface area contributed by atoms with Crippen molar-refractivity contribution in [1.82, 2.24) is 10.7 Å². The van der Waals surface area contributed by atoms with Gasteiger partial charge in [0.15, 0.2) is 0 Å². The SMILES string of the molecule is CC(C)c1ccc(CNC(=O)C(=O)N/N=C\c2cc(Br)ccc2O)cc1. The molecule has 0 heterocycles. The van der Waals surface area contributed by atoms with Crippen molar-refractivity contribution >= 4 is 34.0 Å². The normalized spacial score (nSPS) is 10.9. The number of amides is 2. The van der Waals surface area contributed by atoms with E-state index in [2.05, 4.69) is 45.6 Å². The lowest BCUT2D eigenvalue weighted by atomic mass is 10.0. The topological polar surface area (TPSA) is 90.8 Å². The molecule has 2 amide bonds. The Kier molecular flexibility index (Phi) is 6.91. The number of phenolic OH excluding ortho intramolecular Hbond substituents is 1. The summed E-state index contributed by atoms with van der Waals surface area (Å²) in [4.78, 5) is 23.5. The van der Waals surface area contributed by atoms with Crippen molar-refractivity contribution in [3.05, 3.63) is 63.6 Å². The smallest absolute Gasteiger partial charge is 0.329 e. The lowest BCUT2D eigenvalue weighted by Gasteiger charge is -2.07. The van der Waals surface area contributed by atoms with Crippen molar-refractivity contribution < 1.29 is 14.7 Å². The zero-order valence-corrected chi connectivity index (χ0v) is 16.1. The largest absolute Gasteiger partial charge is 0.507 e. The molecule has 2 rings (SSSR count). The molecule has 7 heteroatoms. The van der Waals surface area contributed by atoms with Crippen LogP contribution in [0.1, 0.15) is 36.5 Å². The van der Waals surface area contributed by atoms with Gasteiger partial charge in [-0.05, 0) is 35.2 Å². The molecule has 0 unspecified atom stereocenters. The van der Waals surface area contributed by atoms with Crippen LogP contribution < -0.4 is 10.7 Å². The first-order chi connectivity index (χ1) is 12.4. The van der Waals surface area contributed by atoms with E-state index in [-0.39, 0.29) is 12.3 Å². The number of carbonyl (C=O) groups is 2. The third-order valence-corrected chi connectivity index (χ3v) is 4.16. The number of hydrogen-bond donors (Lipinski definition) is 3. The van der Waals surface area contributed by atoms with Crippen LogP contribution >= 0.6 is 15.9 Å². The molecule has 0 spiro atoms. The fraction of sp³-hybridized carbons (Fsp3) is 0.211. The summed E-state index contributed by atoms with van der Waals surface area (Å²) in [6, 6.07) is 12.6. The molecule has 0 fully saturated rings. The Morgan fingerprint density at radius 1 is 1.15 bits per heavy atom. The Balaban J connectivity index is 1.84. The molecule has 0 aliphatic heterocycles. The molecule has 2 aromatic carbocycles. The summed E-state index contributed by atoms with van der Waals surface area (Å²) in [6.45, 7) is 4.46. The monoisotopic (exact) mass is 417 g/mol. The second-order valence-corrected chi connectivity index (χ2v) is 6.90. The number of carbonyl (C=O) groups excluding carboxylic acids is 2. The molecule has 0 radical (unpaired) electrons. The standard InChI is InChI=1S/C19H20BrN3O3/c1-12(2)14-5-3-13(4-6-14)10-21-18(25)19(26)23-22-11-15-9-16(20)7-8-17(15)24/h3-9,11-12,24H,10H2,1-2H3,(H,21,25)(H,23,26)/b22-11-. The minimum absolute atomic E-state index is 0.0143. The van der Waals surface area contributed by atoms with Crippen LogP contribution in [0, 0.1) is 0 Å². The first kappa shape index (κ1) is 19.7. The molecular weight excluding hydrogens is 398 g/mol. The molecule has 0 atom stereocenters. The molecule has 0 saturated heterocycles. The fourth-order valence-electron chi connectivity index (χ4n) is 2.12. The van der Waals surface area contributed by atoms with Crippen LogP contribution in [0.5, 0.6) is 5.75 Å². The van der Waals surface area contributed by atoms with Gasteiger partial charge in [-0.1, -0.05) is 54.0 Å². The highest BCUT2D eigenvalue weighted by atomic mass is 79.9. The van der Waals surface area contributed by atoms with Gasteiger partial charge in [-0.2, -0.15) is 5.10 Å². The van der Waals surface area contributed by atoms with Crippen molar-refractivity contribution in [2.45, 2.75) is 26.3 Å². The van der Waals surface area contributed by atoms with Crippen LogP contribution in [-0.4, -0.2) is 23.1 Å². The summed E-state index contributed by atoms with van der Waals surface area (Å²) in [7, 11) is 0. The van der Waals surface area contributed by atoms with Crippen molar-refractivity contribution in [2.75, 3.05) is 0 Å². The predicted molar refractivity (Wildman–Crippen MR) is 104 cm³/mol. The van der Waals surface area contributed by atoms with Gasteiger partial charge >= 0.3 is 11.8 Å². The van der Waals surface area contributed by atoms with Gasteiger partial charge in [0.25, 0.3) is 0 Å². The third-order valence-electron chi connectivity index (χ3n) is 3.66. The van der Waals surface area contributed by atoms with E-state index in [4.69, 9.17) is 0 Å². The maximum Gasteiger partial charge on any atom is 0.329 e. The highest BCUT2D eigenvalue weighted by Crippen LogP contribution is 2.19. The number of hydrazone groups is 1. The van der Waals surface area contributed by atoms with Crippen molar-refractivity contribution in [3.63, 3.8) is 0 Å². The average Bonchev–Trinajstić information content (AvgIpc) is 2.62. The Morgan fingerprint density at radius 3 is 2.50 bits per heavy atom. The number of nitrogens with one attached hydrogen (secondary N) is 2. The number of benzene rings is 2. The molecule has 0 bridgehead atoms. The van der Waals surface area contributed by atoms with Gasteiger partial charge in [0.05, 0.1) is 6.21 Å². The van der Waals surface area contributed by atoms with Gasteiger partial charge < -0.3 is 10.4 Å². The lowest BCUT2D eigenvalue weighted by molar-refractivity contribution is -0.139. The number of hydrogen-bond acceptors (Lipinski definition) is 4. The summed E-state index contributed by atoms with van der Waals surface area (Å²) in [5.41, 5.74) is 4.65. The van der Waals surface area contributed by atoms with E-state index in [1.165, 1.54) is 17.8 Å². The first-order valence-corrected chi connectivity index (χ1v) is 8.84. The van der Waals surface area contributed by atoms with Gasteiger partial charge in [0.2, 0.25) is 0 Å². The summed E-state index contributed by atoms with van der Waals surface area (Å²) in [6.07, 6.45) is 1.26. The van der Waals surface area contributed by atoms with Crippen molar-refractivity contribution in [2.24, 2.45) is 5.10 Å². The van der Waals surface area contributed by atoms with Gasteiger partial charge in [0, 0.05) is 16.6 Å². The maximum atomic E-state index is 11.8. The molecular formula is C19H20BrN3O3. The molecule has 2 aromatic rings. The number of rotatable bonds is 5. The zero-order chi connectivity index (χ0) is 19.1. The summed E-state index contributed by atoms with van der Waals surface area (Å²) < 4.78 is 0.754. The van der Waals surface area contributed by atoms with E-state index < -0.39 is 11.8 Å². The Morgan fingerprint density at radius 2 is 1.85 bits per heavy atom. The summed E-state index contributed by atoms with van der Waals surface area (Å²) in [5.74, 6) is -1.21. The van der Waals surface area contributed by atoms with Crippen molar-refractivity contribution in [1.29, 1.82) is 0 Å². The molecule has 6 nitrogen and oxygen atoms in total. The van der Waals surface area contributed by atoms with E-state index in [9.17, 15) is 14.7 Å². The number of halogens is 1. The Hall–Kier alpha value is -2.67. The Bertz CT molecular complexity index is 817. The van der Waals surface area contributed by atoms with Crippen LogP contribution in [0.3, 0.4) is 0 Å². The molecule has 3 N–H and O–H groups in total. The second kappa shape index (κ2) is 9.15. The highest BCUT2D eigenvalue weighted by Gasteiger charge is 2.12. The summed E-state index contributed by atoms with van der Waals surface area (Å²) in [5, 5.41) is 15.9. The van der Waals surface area contributed by atoms with E-state index >= 15 is 0 Å². The first-order valence-electron chi connectivity index (χ1n) is 8.05. The minimum atomic E-state index is -0.880. The number of nitrogens with zero attached hydrogens (tertiary/aromatic N) is 1. The average molecular weight is 418 g/mol. The van der Waals surface area contributed by atoms with E-state index in [0.717, 1.165) is 10.0 Å². The number of aromatic hydroxyl groups is 1. The van der Waals surface area contributed by atoms with Crippen LogP contribution in [0.4, 0.5) is 0 Å². The Labute approximate surface area is 160 Å². The molecule has 136 valence electrons. The quantitative estimate of drug-likeness (QED) is 0.396. The maximum absolute atomic E-state index is 11.8. The molecule has 0 aromatic heterocycles. The number of phenols is 1. The van der Waals surface area contributed by atoms with E-state index in [1.54, 1.807) is 12.1 Å². The molecule has 0 aliphatic carbocycles. The molecule has 0 saturated carbocycles. The van der Waals surface area contributed by atoms with Crippen LogP contribution in [0.25, 0.3) is 0 Å². The molecule has 0 aliphatic rings. The van der Waals surface area contributed by atoms with Gasteiger partial charge in [-0.15, -0.1) is 0 Å². The fourth-order valence-corrected chi connectivity index (χ4v) is 2.50. The van der Waals surface area contributed by atoms with E-state index in [0.29, 0.717) is 11.5 Å². The predicted octanol–water partition coefficient (Wildman–Crippen LogP) is 3.04. The van der Waals surface area contributed by atoms with Crippen LogP contribution in [0.15, 0.2) is 52.0 Å². The third kappa shape index (κ3) is 5.70. The van der Waals surface area contributed by atoms with Gasteiger partial charge in [0.1, 0.15) is 5.75 Å². The second-order valence-electron chi connectivity index (χ2n) is 5.98. The molecule has 26 heavy (non-hydrogen) atoms. The van der Waals surface area contributed by atoms with Gasteiger partial charge in [-0.25, -0.2) is 5.43 Å². The van der Waals surface area contributed by atoms with E-state index in [1.807, 2.05) is 24.3 Å². The van der Waals surface area contributed by atoms with Crippen molar-refractivity contribution in [3.8, 4) is 5.75 Å². The summed E-state index contributed by atoms with van der Waals surface area (Å²) >= 11 is 3.27. The van der Waals surface area contributed by atoms with Crippen LogP contribution in [-0.2, 0) is 16.1 Å². The zero-order valence-electron chi connectivity index (χ0n) is 14.5. The van der Waals surface area contributed by atoms with Gasteiger partial charge in [-0.3, -0.25) is 9.59 Å². The highest BCUT2D eigenvalue weighted by molar-refractivity contribution is 9.10. The minimum Gasteiger partial charge on any atom is -0.507 e. The van der Waals surface area contributed by atoms with Crippen LogP contribution in [0.2, 0.25) is 0 Å². The lowest BCUT2D eigenvalue weighted by Crippen LogP contribution is -2.37.